The Labute approximate surface area is 109 Å². The Bertz CT molecular complexity index is 516. The molecule has 17 heavy (non-hydrogen) atoms. The van der Waals surface area contributed by atoms with Gasteiger partial charge in [0.2, 0.25) is 5.88 Å². The molecule has 0 aliphatic heterocycles. The molecule has 1 heterocycles. The number of nitrogens with zero attached hydrogens (tertiary/aromatic N) is 1. The van der Waals surface area contributed by atoms with Gasteiger partial charge in [-0.1, -0.05) is 23.4 Å². The number of rotatable bonds is 3. The topological polar surface area (TPSA) is 48.1 Å². The molecule has 0 amide bonds. The van der Waals surface area contributed by atoms with Crippen molar-refractivity contribution in [2.24, 2.45) is 0 Å². The van der Waals surface area contributed by atoms with Crippen LogP contribution in [0.25, 0.3) is 0 Å². The summed E-state index contributed by atoms with van der Waals surface area (Å²) in [6, 6.07) is 11.0. The first-order chi connectivity index (χ1) is 8.19. The summed E-state index contributed by atoms with van der Waals surface area (Å²) in [5.74, 6) is 0.552. The van der Waals surface area contributed by atoms with Crippen LogP contribution in [0.1, 0.15) is 0 Å². The van der Waals surface area contributed by atoms with Gasteiger partial charge in [0.25, 0.3) is 0 Å². The van der Waals surface area contributed by atoms with Gasteiger partial charge >= 0.3 is 0 Å². The first-order valence-corrected chi connectivity index (χ1v) is 6.12. The Morgan fingerprint density at radius 2 is 1.88 bits per heavy atom. The van der Waals surface area contributed by atoms with Crippen molar-refractivity contribution >= 4 is 29.1 Å². The molecule has 0 atom stereocenters. The smallest absolute Gasteiger partial charge is 0.214 e. The van der Waals surface area contributed by atoms with Gasteiger partial charge in [0.1, 0.15) is 5.03 Å². The summed E-state index contributed by atoms with van der Waals surface area (Å²) in [7, 11) is 1.58. The fraction of sp³-hybridized carbons (Fsp3) is 0.0833. The van der Waals surface area contributed by atoms with Crippen LogP contribution in [0.2, 0.25) is 5.02 Å². The summed E-state index contributed by atoms with van der Waals surface area (Å²) in [5.41, 5.74) is 6.49. The molecule has 2 aromatic rings. The number of benzene rings is 1. The Morgan fingerprint density at radius 3 is 2.53 bits per heavy atom. The summed E-state index contributed by atoms with van der Waals surface area (Å²) in [6.45, 7) is 0. The number of nitrogen functional groups attached to an aromatic ring is 1. The van der Waals surface area contributed by atoms with Crippen molar-refractivity contribution in [2.75, 3.05) is 12.8 Å². The van der Waals surface area contributed by atoms with Crippen LogP contribution in [0.15, 0.2) is 46.3 Å². The van der Waals surface area contributed by atoms with Gasteiger partial charge in [0, 0.05) is 16.0 Å². The van der Waals surface area contributed by atoms with Gasteiger partial charge in [-0.25, -0.2) is 4.98 Å². The summed E-state index contributed by atoms with van der Waals surface area (Å²) in [5, 5.41) is 1.44. The molecule has 0 saturated heterocycles. The largest absolute Gasteiger partial charge is 0.481 e. The molecule has 0 saturated carbocycles. The van der Waals surface area contributed by atoms with E-state index in [1.54, 1.807) is 19.2 Å². The van der Waals surface area contributed by atoms with E-state index >= 15 is 0 Å². The molecule has 0 spiro atoms. The lowest BCUT2D eigenvalue weighted by atomic mass is 10.4. The highest BCUT2D eigenvalue weighted by Gasteiger charge is 2.05. The normalized spacial score (nSPS) is 10.2. The van der Waals surface area contributed by atoms with Crippen LogP contribution in [0.5, 0.6) is 5.88 Å². The zero-order valence-electron chi connectivity index (χ0n) is 9.18. The Morgan fingerprint density at radius 1 is 1.18 bits per heavy atom. The number of hydrogen-bond donors (Lipinski definition) is 1. The average molecular weight is 267 g/mol. The summed E-state index contributed by atoms with van der Waals surface area (Å²) in [6.07, 6.45) is 0. The second-order valence-electron chi connectivity index (χ2n) is 3.30. The number of hydrogen-bond acceptors (Lipinski definition) is 4. The van der Waals surface area contributed by atoms with E-state index in [9.17, 15) is 0 Å². The fourth-order valence-electron chi connectivity index (χ4n) is 1.24. The number of aromatic nitrogens is 1. The molecule has 1 aromatic heterocycles. The first-order valence-electron chi connectivity index (χ1n) is 4.93. The molecule has 0 aliphatic rings. The van der Waals surface area contributed by atoms with E-state index in [1.165, 1.54) is 11.8 Å². The van der Waals surface area contributed by atoms with Crippen LogP contribution in [0, 0.1) is 0 Å². The van der Waals surface area contributed by atoms with E-state index in [-0.39, 0.29) is 0 Å². The molecule has 0 unspecified atom stereocenters. The molecule has 0 bridgehead atoms. The summed E-state index contributed by atoms with van der Waals surface area (Å²) < 4.78 is 5.07. The number of methoxy groups -OCH3 is 1. The Kier molecular flexibility index (Phi) is 3.76. The third-order valence-electron chi connectivity index (χ3n) is 2.10. The molecule has 2 N–H and O–H groups in total. The van der Waals surface area contributed by atoms with Crippen LogP contribution < -0.4 is 10.5 Å². The third-order valence-corrected chi connectivity index (χ3v) is 3.38. The van der Waals surface area contributed by atoms with Crippen LogP contribution in [0.4, 0.5) is 5.69 Å². The van der Waals surface area contributed by atoms with E-state index in [2.05, 4.69) is 4.98 Å². The highest BCUT2D eigenvalue weighted by Crippen LogP contribution is 2.32. The molecule has 0 fully saturated rings. The van der Waals surface area contributed by atoms with Crippen molar-refractivity contribution in [1.82, 2.24) is 4.98 Å². The Balaban J connectivity index is 2.25. The van der Waals surface area contributed by atoms with Crippen molar-refractivity contribution < 1.29 is 4.74 Å². The maximum Gasteiger partial charge on any atom is 0.214 e. The first kappa shape index (κ1) is 12.1. The molecule has 0 radical (unpaired) electrons. The van der Waals surface area contributed by atoms with E-state index in [1.807, 2.05) is 24.3 Å². The minimum absolute atomic E-state index is 0.552. The van der Waals surface area contributed by atoms with Crippen molar-refractivity contribution in [3.05, 3.63) is 41.4 Å². The average Bonchev–Trinajstić information content (AvgIpc) is 2.35. The zero-order chi connectivity index (χ0) is 12.3. The molecular formula is C12H11ClN2OS. The van der Waals surface area contributed by atoms with Gasteiger partial charge in [-0.3, -0.25) is 0 Å². The van der Waals surface area contributed by atoms with Crippen molar-refractivity contribution in [2.45, 2.75) is 9.92 Å². The molecule has 88 valence electrons. The summed E-state index contributed by atoms with van der Waals surface area (Å²) in [4.78, 5) is 5.32. The van der Waals surface area contributed by atoms with Gasteiger partial charge in [-0.05, 0) is 30.3 Å². The number of ether oxygens (including phenoxy) is 1. The highest BCUT2D eigenvalue weighted by molar-refractivity contribution is 7.99. The molecule has 5 heteroatoms. The van der Waals surface area contributed by atoms with E-state index in [4.69, 9.17) is 22.1 Å². The summed E-state index contributed by atoms with van der Waals surface area (Å²) >= 11 is 7.30. The highest BCUT2D eigenvalue weighted by atomic mass is 35.5. The lowest BCUT2D eigenvalue weighted by Gasteiger charge is -2.06. The molecule has 2 rings (SSSR count). The molecule has 0 aliphatic carbocycles. The third kappa shape index (κ3) is 3.05. The Hall–Kier alpha value is -1.39. The number of pyridine rings is 1. The quantitative estimate of drug-likeness (QED) is 0.924. The van der Waals surface area contributed by atoms with Crippen LogP contribution >= 0.6 is 23.4 Å². The van der Waals surface area contributed by atoms with Crippen molar-refractivity contribution in [3.8, 4) is 5.88 Å². The fourth-order valence-corrected chi connectivity index (χ4v) is 2.19. The molecule has 1 aromatic carbocycles. The van der Waals surface area contributed by atoms with Crippen molar-refractivity contribution in [1.29, 1.82) is 0 Å². The standard InChI is InChI=1S/C12H11ClN2OS/c1-16-11-7-6-10(14)12(15-11)17-9-4-2-8(13)3-5-9/h2-7H,14H2,1H3. The zero-order valence-corrected chi connectivity index (χ0v) is 10.8. The molecular weight excluding hydrogens is 256 g/mol. The minimum atomic E-state index is 0.552. The van der Waals surface area contributed by atoms with Gasteiger partial charge in [-0.15, -0.1) is 0 Å². The van der Waals surface area contributed by atoms with Crippen LogP contribution in [0.3, 0.4) is 0 Å². The minimum Gasteiger partial charge on any atom is -0.481 e. The maximum absolute atomic E-state index is 5.86. The van der Waals surface area contributed by atoms with Gasteiger partial charge < -0.3 is 10.5 Å². The van der Waals surface area contributed by atoms with Crippen LogP contribution in [-0.4, -0.2) is 12.1 Å². The van der Waals surface area contributed by atoms with E-state index < -0.39 is 0 Å². The SMILES string of the molecule is COc1ccc(N)c(Sc2ccc(Cl)cc2)n1. The lowest BCUT2D eigenvalue weighted by molar-refractivity contribution is 0.395. The number of halogens is 1. The lowest BCUT2D eigenvalue weighted by Crippen LogP contribution is -1.94. The predicted molar refractivity (Wildman–Crippen MR) is 70.8 cm³/mol. The predicted octanol–water partition coefficient (Wildman–Crippen LogP) is 3.48. The van der Waals surface area contributed by atoms with Gasteiger partial charge in [0.05, 0.1) is 12.8 Å². The van der Waals surface area contributed by atoms with E-state index in [0.717, 1.165) is 9.92 Å². The molecule has 3 nitrogen and oxygen atoms in total. The van der Waals surface area contributed by atoms with E-state index in [0.29, 0.717) is 16.6 Å². The van der Waals surface area contributed by atoms with Gasteiger partial charge in [-0.2, -0.15) is 0 Å². The second-order valence-corrected chi connectivity index (χ2v) is 4.80. The number of nitrogens with two attached hydrogens (primary N) is 1. The monoisotopic (exact) mass is 266 g/mol. The van der Waals surface area contributed by atoms with Crippen molar-refractivity contribution in [3.63, 3.8) is 0 Å². The number of anilines is 1. The second kappa shape index (κ2) is 5.29. The maximum atomic E-state index is 5.86. The van der Waals surface area contributed by atoms with Crippen LogP contribution in [-0.2, 0) is 0 Å². The van der Waals surface area contributed by atoms with Gasteiger partial charge in [0.15, 0.2) is 0 Å².